The van der Waals surface area contributed by atoms with Crippen molar-refractivity contribution >= 4 is 17.6 Å². The molecule has 0 saturated heterocycles. The molecule has 1 N–H and O–H groups in total. The van der Waals surface area contributed by atoms with E-state index in [1.807, 2.05) is 54.3 Å². The molecule has 4 aromatic rings. The number of nitrogens with zero attached hydrogens (tertiary/aromatic N) is 2. The molecule has 36 heavy (non-hydrogen) atoms. The quantitative estimate of drug-likeness (QED) is 0.263. The van der Waals surface area contributed by atoms with Crippen LogP contribution in [0.4, 0.5) is 0 Å². The molecule has 0 bridgehead atoms. The molecule has 0 aliphatic heterocycles. The summed E-state index contributed by atoms with van der Waals surface area (Å²) in [5.74, 6) is -0.195. The van der Waals surface area contributed by atoms with Crippen molar-refractivity contribution in [3.8, 4) is 22.3 Å². The third-order valence-corrected chi connectivity index (χ3v) is 7.82. The molecule has 4 nitrogen and oxygen atoms in total. The number of hydrogen-bond acceptors (Lipinski definition) is 2. The summed E-state index contributed by atoms with van der Waals surface area (Å²) in [6, 6.07) is 24.7. The number of carboxylic acids is 1. The number of benzene rings is 3. The van der Waals surface area contributed by atoms with Gasteiger partial charge in [-0.3, -0.25) is 9.48 Å². The highest BCUT2D eigenvalue weighted by molar-refractivity contribution is 6.30. The number of carboxylic acid groups (broad SMARTS) is 1. The first-order chi connectivity index (χ1) is 17.4. The first kappa shape index (κ1) is 24.3. The molecular formula is C31H31ClN2O2. The van der Waals surface area contributed by atoms with Gasteiger partial charge in [-0.15, -0.1) is 0 Å². The summed E-state index contributed by atoms with van der Waals surface area (Å²) in [6.07, 6.45) is 6.52. The van der Waals surface area contributed by atoms with Gasteiger partial charge in [-0.1, -0.05) is 79.2 Å². The number of hydrogen-bond donors (Lipinski definition) is 1. The molecule has 1 fully saturated rings. The summed E-state index contributed by atoms with van der Waals surface area (Å²) in [5.41, 5.74) is 7.35. The third-order valence-electron chi connectivity index (χ3n) is 7.57. The molecule has 1 saturated carbocycles. The molecule has 1 aromatic heterocycles. The zero-order valence-corrected chi connectivity index (χ0v) is 21.5. The van der Waals surface area contributed by atoms with E-state index in [1.54, 1.807) is 0 Å². The number of aromatic nitrogens is 2. The van der Waals surface area contributed by atoms with Crippen molar-refractivity contribution in [1.29, 1.82) is 0 Å². The molecule has 1 aliphatic carbocycles. The van der Waals surface area contributed by atoms with E-state index in [2.05, 4.69) is 48.4 Å². The van der Waals surface area contributed by atoms with Gasteiger partial charge in [0, 0.05) is 23.3 Å². The highest BCUT2D eigenvalue weighted by Crippen LogP contribution is 2.48. The number of carbonyl (C=O) groups is 1. The van der Waals surface area contributed by atoms with Crippen LogP contribution in [0.2, 0.25) is 5.02 Å². The molecule has 1 unspecified atom stereocenters. The lowest BCUT2D eigenvalue weighted by Crippen LogP contribution is -2.19. The average Bonchev–Trinajstić information content (AvgIpc) is 3.63. The van der Waals surface area contributed by atoms with E-state index in [9.17, 15) is 9.90 Å². The van der Waals surface area contributed by atoms with E-state index in [4.69, 9.17) is 11.6 Å². The Kier molecular flexibility index (Phi) is 6.72. The standard InChI is InChI=1S/C31H31ClN2O2/c1-21(3-4-22-5-15-27(32)16-6-22)19-29-28(20-33-34(29)2)25-9-7-23(8-10-25)24-11-13-26(14-12-24)31(17-18-31)30(35)36/h5-16,20-21H,3-4,17-19H2,1-2H3,(H,35,36). The van der Waals surface area contributed by atoms with Crippen LogP contribution in [0.3, 0.4) is 0 Å². The van der Waals surface area contributed by atoms with Gasteiger partial charge in [0.1, 0.15) is 0 Å². The van der Waals surface area contributed by atoms with Gasteiger partial charge in [0.05, 0.1) is 11.6 Å². The predicted molar refractivity (Wildman–Crippen MR) is 145 cm³/mol. The van der Waals surface area contributed by atoms with Crippen LogP contribution in [0.15, 0.2) is 79.0 Å². The molecule has 1 atom stereocenters. The Morgan fingerprint density at radius 3 is 2.14 bits per heavy atom. The van der Waals surface area contributed by atoms with Crippen molar-refractivity contribution in [2.24, 2.45) is 13.0 Å². The van der Waals surface area contributed by atoms with Gasteiger partial charge in [-0.05, 0) is 78.0 Å². The van der Waals surface area contributed by atoms with Gasteiger partial charge >= 0.3 is 5.97 Å². The zero-order chi connectivity index (χ0) is 25.3. The highest BCUT2D eigenvalue weighted by atomic mass is 35.5. The first-order valence-corrected chi connectivity index (χ1v) is 12.9. The van der Waals surface area contributed by atoms with Crippen molar-refractivity contribution in [3.05, 3.63) is 101 Å². The fraction of sp³-hybridized carbons (Fsp3) is 0.290. The molecule has 184 valence electrons. The molecule has 0 radical (unpaired) electrons. The van der Waals surface area contributed by atoms with Gasteiger partial charge in [0.2, 0.25) is 0 Å². The fourth-order valence-electron chi connectivity index (χ4n) is 5.02. The van der Waals surface area contributed by atoms with E-state index in [-0.39, 0.29) is 0 Å². The summed E-state index contributed by atoms with van der Waals surface area (Å²) in [5, 5.41) is 14.9. The number of halogens is 1. The lowest BCUT2D eigenvalue weighted by Gasteiger charge is -2.14. The van der Waals surface area contributed by atoms with Crippen molar-refractivity contribution in [1.82, 2.24) is 9.78 Å². The van der Waals surface area contributed by atoms with Gasteiger partial charge in [0.25, 0.3) is 0 Å². The van der Waals surface area contributed by atoms with Crippen molar-refractivity contribution in [3.63, 3.8) is 0 Å². The van der Waals surface area contributed by atoms with E-state index < -0.39 is 11.4 Å². The number of aliphatic carboxylic acids is 1. The smallest absolute Gasteiger partial charge is 0.314 e. The van der Waals surface area contributed by atoms with Crippen LogP contribution in [0, 0.1) is 5.92 Å². The summed E-state index contributed by atoms with van der Waals surface area (Å²) in [4.78, 5) is 11.6. The Hall–Kier alpha value is -3.37. The molecule has 5 heteroatoms. The summed E-state index contributed by atoms with van der Waals surface area (Å²) < 4.78 is 2.00. The van der Waals surface area contributed by atoms with Crippen LogP contribution in [-0.2, 0) is 30.1 Å². The predicted octanol–water partition coefficient (Wildman–Crippen LogP) is 7.34. The van der Waals surface area contributed by atoms with Crippen molar-refractivity contribution in [2.75, 3.05) is 0 Å². The summed E-state index contributed by atoms with van der Waals surface area (Å²) in [7, 11) is 2.02. The highest BCUT2D eigenvalue weighted by Gasteiger charge is 2.51. The van der Waals surface area contributed by atoms with Crippen molar-refractivity contribution < 1.29 is 9.90 Å². The Morgan fingerprint density at radius 1 is 0.972 bits per heavy atom. The maximum absolute atomic E-state index is 11.6. The Balaban J connectivity index is 1.27. The summed E-state index contributed by atoms with van der Waals surface area (Å²) in [6.45, 7) is 2.30. The van der Waals surface area contributed by atoms with Gasteiger partial charge in [0.15, 0.2) is 0 Å². The summed E-state index contributed by atoms with van der Waals surface area (Å²) >= 11 is 6.01. The van der Waals surface area contributed by atoms with Gasteiger partial charge in [-0.25, -0.2) is 0 Å². The second kappa shape index (κ2) is 9.94. The van der Waals surface area contributed by atoms with Crippen LogP contribution in [0.5, 0.6) is 0 Å². The lowest BCUT2D eigenvalue weighted by atomic mass is 9.92. The minimum absolute atomic E-state index is 0.521. The van der Waals surface area contributed by atoms with Crippen LogP contribution >= 0.6 is 11.6 Å². The van der Waals surface area contributed by atoms with Crippen LogP contribution in [0.25, 0.3) is 22.3 Å². The van der Waals surface area contributed by atoms with Gasteiger partial charge in [-0.2, -0.15) is 5.10 Å². The Morgan fingerprint density at radius 2 is 1.56 bits per heavy atom. The minimum atomic E-state index is -0.717. The second-order valence-corrected chi connectivity index (χ2v) is 10.6. The molecule has 3 aromatic carbocycles. The largest absolute Gasteiger partial charge is 0.481 e. The number of aryl methyl sites for hydroxylation is 2. The molecule has 0 spiro atoms. The van der Waals surface area contributed by atoms with E-state index in [0.29, 0.717) is 5.92 Å². The molecule has 0 amide bonds. The molecule has 5 rings (SSSR count). The monoisotopic (exact) mass is 498 g/mol. The average molecular weight is 499 g/mol. The molecule has 1 aliphatic rings. The van der Waals surface area contributed by atoms with Crippen LogP contribution in [-0.4, -0.2) is 20.9 Å². The maximum Gasteiger partial charge on any atom is 0.314 e. The zero-order valence-electron chi connectivity index (χ0n) is 20.7. The first-order valence-electron chi connectivity index (χ1n) is 12.6. The minimum Gasteiger partial charge on any atom is -0.481 e. The van der Waals surface area contributed by atoms with E-state index in [1.165, 1.54) is 16.8 Å². The topological polar surface area (TPSA) is 55.1 Å². The number of rotatable bonds is 9. The van der Waals surface area contributed by atoms with Crippen molar-refractivity contribution in [2.45, 2.75) is 44.4 Å². The maximum atomic E-state index is 11.6. The van der Waals surface area contributed by atoms with Gasteiger partial charge < -0.3 is 5.11 Å². The van der Waals surface area contributed by atoms with Crippen LogP contribution in [0.1, 0.15) is 43.0 Å². The van der Waals surface area contributed by atoms with E-state index in [0.717, 1.165) is 59.4 Å². The molecular weight excluding hydrogens is 468 g/mol. The normalized spacial score (nSPS) is 15.0. The molecule has 1 heterocycles. The SMILES string of the molecule is CC(CCc1ccc(Cl)cc1)Cc1c(-c2ccc(-c3ccc(C4(C(=O)O)CC4)cc3)cc2)cnn1C. The Bertz CT molecular complexity index is 1350. The fourth-order valence-corrected chi connectivity index (χ4v) is 5.14. The Labute approximate surface area is 217 Å². The van der Waals surface area contributed by atoms with E-state index >= 15 is 0 Å². The third kappa shape index (κ3) is 4.96. The second-order valence-electron chi connectivity index (χ2n) is 10.1. The van der Waals surface area contributed by atoms with Crippen LogP contribution < -0.4 is 0 Å². The lowest BCUT2D eigenvalue weighted by molar-refractivity contribution is -0.140.